The zero-order valence-corrected chi connectivity index (χ0v) is 20.3. The van der Waals surface area contributed by atoms with Crippen molar-refractivity contribution in [2.45, 2.75) is 32.9 Å². The first-order chi connectivity index (χ1) is 13.5. The normalized spacial score (nSPS) is 15.8. The number of piperidine rings is 1. The molecule has 0 atom stereocenters. The van der Waals surface area contributed by atoms with Crippen molar-refractivity contribution in [3.8, 4) is 0 Å². The number of nitrogens with zero attached hydrogens (tertiary/aromatic N) is 6. The van der Waals surface area contributed by atoms with E-state index < -0.39 is 0 Å². The highest BCUT2D eigenvalue weighted by atomic mass is 127. The number of guanidine groups is 1. The number of halogens is 1. The number of benzene rings is 1. The molecule has 0 saturated carbocycles. The largest absolute Gasteiger partial charge is 0.356 e. The van der Waals surface area contributed by atoms with Crippen LogP contribution in [0.15, 0.2) is 35.6 Å². The first-order valence-corrected chi connectivity index (χ1v) is 10.1. The number of aromatic nitrogens is 3. The Hall–Kier alpha value is -1.68. The van der Waals surface area contributed by atoms with Crippen molar-refractivity contribution in [1.29, 1.82) is 0 Å². The number of aryl methyl sites for hydroxylation is 2. The number of aliphatic imine (C=N–C) groups is 1. The van der Waals surface area contributed by atoms with Crippen LogP contribution in [0.3, 0.4) is 0 Å². The first kappa shape index (κ1) is 23.6. The van der Waals surface area contributed by atoms with Gasteiger partial charge in [0, 0.05) is 34.2 Å². The summed E-state index contributed by atoms with van der Waals surface area (Å²) in [6.07, 6.45) is 4.04. The number of rotatable bonds is 6. The second-order valence-electron chi connectivity index (χ2n) is 7.79. The van der Waals surface area contributed by atoms with Gasteiger partial charge in [0.15, 0.2) is 5.96 Å². The lowest BCUT2D eigenvalue weighted by Crippen LogP contribution is -2.43. The molecule has 0 amide bonds. The molecule has 1 N–H and O–H groups in total. The van der Waals surface area contributed by atoms with E-state index in [1.54, 1.807) is 11.0 Å². The van der Waals surface area contributed by atoms with E-state index in [2.05, 4.69) is 61.4 Å². The quantitative estimate of drug-likeness (QED) is 0.367. The number of nitrogens with one attached hydrogen (secondary N) is 1. The lowest BCUT2D eigenvalue weighted by atomic mass is 9.96. The number of hydrogen-bond donors (Lipinski definition) is 1. The minimum absolute atomic E-state index is 0. The molecule has 0 radical (unpaired) electrons. The molecular formula is C21H34IN7. The molecule has 160 valence electrons. The van der Waals surface area contributed by atoms with Gasteiger partial charge in [0.05, 0.1) is 6.54 Å². The monoisotopic (exact) mass is 511 g/mol. The van der Waals surface area contributed by atoms with Crippen LogP contribution in [0.5, 0.6) is 0 Å². The Balaban J connectivity index is 0.00000300. The molecule has 0 spiro atoms. The highest BCUT2D eigenvalue weighted by molar-refractivity contribution is 14.0. The average molecular weight is 511 g/mol. The van der Waals surface area contributed by atoms with Gasteiger partial charge in [0.2, 0.25) is 0 Å². The standard InChI is InChI=1S/C21H33N7.HI/c1-17-5-7-19(8-6-17)14-28-11-9-18(10-12-28)13-23-21(22-2)26(3)15-20-24-16-25-27(20)4;/h5-8,16,18H,9-15H2,1-4H3,(H,22,23);1H. The maximum Gasteiger partial charge on any atom is 0.193 e. The predicted molar refractivity (Wildman–Crippen MR) is 128 cm³/mol. The topological polar surface area (TPSA) is 61.6 Å². The fraction of sp³-hybridized carbons (Fsp3) is 0.571. The minimum atomic E-state index is 0. The zero-order chi connectivity index (χ0) is 19.9. The molecule has 7 nitrogen and oxygen atoms in total. The Morgan fingerprint density at radius 2 is 1.93 bits per heavy atom. The van der Waals surface area contributed by atoms with Gasteiger partial charge in [-0.1, -0.05) is 29.8 Å². The van der Waals surface area contributed by atoms with Gasteiger partial charge < -0.3 is 10.2 Å². The van der Waals surface area contributed by atoms with E-state index in [1.165, 1.54) is 24.0 Å². The summed E-state index contributed by atoms with van der Waals surface area (Å²) in [5.41, 5.74) is 2.74. The molecule has 0 unspecified atom stereocenters. The zero-order valence-electron chi connectivity index (χ0n) is 18.0. The molecule has 2 heterocycles. The van der Waals surface area contributed by atoms with Crippen molar-refractivity contribution >= 4 is 29.9 Å². The molecule has 0 bridgehead atoms. The van der Waals surface area contributed by atoms with Gasteiger partial charge in [0.25, 0.3) is 0 Å². The molecular weight excluding hydrogens is 477 g/mol. The average Bonchev–Trinajstić information content (AvgIpc) is 3.10. The summed E-state index contributed by atoms with van der Waals surface area (Å²) in [6, 6.07) is 8.91. The maximum atomic E-state index is 4.42. The molecule has 1 aromatic carbocycles. The van der Waals surface area contributed by atoms with E-state index in [0.717, 1.165) is 38.0 Å². The molecule has 1 fully saturated rings. The fourth-order valence-electron chi connectivity index (χ4n) is 3.67. The molecule has 0 aliphatic carbocycles. The van der Waals surface area contributed by atoms with E-state index in [1.807, 2.05) is 21.1 Å². The van der Waals surface area contributed by atoms with E-state index in [4.69, 9.17) is 0 Å². The van der Waals surface area contributed by atoms with Crippen LogP contribution in [-0.4, -0.2) is 64.3 Å². The lowest BCUT2D eigenvalue weighted by Gasteiger charge is -2.33. The Morgan fingerprint density at radius 1 is 1.24 bits per heavy atom. The molecule has 29 heavy (non-hydrogen) atoms. The first-order valence-electron chi connectivity index (χ1n) is 10.1. The Labute approximate surface area is 191 Å². The van der Waals surface area contributed by atoms with Crippen LogP contribution in [0.25, 0.3) is 0 Å². The van der Waals surface area contributed by atoms with E-state index >= 15 is 0 Å². The molecule has 1 aliphatic heterocycles. The maximum absolute atomic E-state index is 4.42. The van der Waals surface area contributed by atoms with Crippen LogP contribution in [0.4, 0.5) is 0 Å². The van der Waals surface area contributed by atoms with Gasteiger partial charge in [-0.25, -0.2) is 4.98 Å². The number of hydrogen-bond acceptors (Lipinski definition) is 4. The second-order valence-corrected chi connectivity index (χ2v) is 7.79. The fourth-order valence-corrected chi connectivity index (χ4v) is 3.67. The van der Waals surface area contributed by atoms with Crippen molar-refractivity contribution in [3.05, 3.63) is 47.5 Å². The number of likely N-dealkylation sites (tertiary alicyclic amines) is 1. The van der Waals surface area contributed by atoms with Crippen LogP contribution in [0, 0.1) is 12.8 Å². The van der Waals surface area contributed by atoms with Crippen LogP contribution in [0.1, 0.15) is 29.8 Å². The van der Waals surface area contributed by atoms with Crippen molar-refractivity contribution in [2.75, 3.05) is 33.7 Å². The summed E-state index contributed by atoms with van der Waals surface area (Å²) in [7, 11) is 5.78. The van der Waals surface area contributed by atoms with Crippen molar-refractivity contribution in [3.63, 3.8) is 0 Å². The summed E-state index contributed by atoms with van der Waals surface area (Å²) in [4.78, 5) is 13.4. The van der Waals surface area contributed by atoms with Gasteiger partial charge in [-0.2, -0.15) is 5.10 Å². The van der Waals surface area contributed by atoms with Gasteiger partial charge >= 0.3 is 0 Å². The molecule has 2 aromatic rings. The van der Waals surface area contributed by atoms with E-state index in [0.29, 0.717) is 12.5 Å². The highest BCUT2D eigenvalue weighted by Crippen LogP contribution is 2.18. The Bertz CT molecular complexity index is 764. The second kappa shape index (κ2) is 11.5. The third-order valence-corrected chi connectivity index (χ3v) is 5.54. The summed E-state index contributed by atoms with van der Waals surface area (Å²) in [6.45, 7) is 7.17. The summed E-state index contributed by atoms with van der Waals surface area (Å²) in [5.74, 6) is 2.52. The third kappa shape index (κ3) is 6.95. The van der Waals surface area contributed by atoms with Crippen LogP contribution >= 0.6 is 24.0 Å². The van der Waals surface area contributed by atoms with Crippen LogP contribution < -0.4 is 5.32 Å². The molecule has 1 aliphatic rings. The van der Waals surface area contributed by atoms with E-state index in [9.17, 15) is 0 Å². The van der Waals surface area contributed by atoms with Gasteiger partial charge in [0.1, 0.15) is 12.2 Å². The highest BCUT2D eigenvalue weighted by Gasteiger charge is 2.20. The van der Waals surface area contributed by atoms with Gasteiger partial charge in [-0.15, -0.1) is 24.0 Å². The lowest BCUT2D eigenvalue weighted by molar-refractivity contribution is 0.177. The SMILES string of the molecule is CN=C(NCC1CCN(Cc2ccc(C)cc2)CC1)N(C)Cc1ncnn1C.I. The Morgan fingerprint density at radius 3 is 2.52 bits per heavy atom. The Kier molecular flexibility index (Phi) is 9.35. The summed E-state index contributed by atoms with van der Waals surface area (Å²) in [5, 5.41) is 7.67. The van der Waals surface area contributed by atoms with E-state index in [-0.39, 0.29) is 24.0 Å². The van der Waals surface area contributed by atoms with Crippen molar-refractivity contribution < 1.29 is 0 Å². The molecule has 3 rings (SSSR count). The van der Waals surface area contributed by atoms with Crippen molar-refractivity contribution in [1.82, 2.24) is 29.9 Å². The smallest absolute Gasteiger partial charge is 0.193 e. The van der Waals surface area contributed by atoms with Crippen LogP contribution in [-0.2, 0) is 20.1 Å². The summed E-state index contributed by atoms with van der Waals surface area (Å²) < 4.78 is 1.80. The van der Waals surface area contributed by atoms with Gasteiger partial charge in [-0.3, -0.25) is 14.6 Å². The molecule has 1 saturated heterocycles. The predicted octanol–water partition coefficient (Wildman–Crippen LogP) is 2.66. The summed E-state index contributed by atoms with van der Waals surface area (Å²) >= 11 is 0. The van der Waals surface area contributed by atoms with Gasteiger partial charge in [-0.05, 0) is 44.3 Å². The minimum Gasteiger partial charge on any atom is -0.356 e. The third-order valence-electron chi connectivity index (χ3n) is 5.54. The molecule has 8 heteroatoms. The van der Waals surface area contributed by atoms with Crippen molar-refractivity contribution in [2.24, 2.45) is 18.0 Å². The molecule has 1 aromatic heterocycles. The van der Waals surface area contributed by atoms with Crippen LogP contribution in [0.2, 0.25) is 0 Å².